The van der Waals surface area contributed by atoms with Gasteiger partial charge in [-0.3, -0.25) is 4.79 Å². The molecule has 3 rings (SSSR count). The van der Waals surface area contributed by atoms with E-state index in [9.17, 15) is 4.79 Å². The van der Waals surface area contributed by atoms with E-state index < -0.39 is 5.41 Å². The van der Waals surface area contributed by atoms with Gasteiger partial charge in [-0.2, -0.15) is 0 Å². The highest BCUT2D eigenvalue weighted by Crippen LogP contribution is 2.55. The van der Waals surface area contributed by atoms with Crippen LogP contribution in [0.25, 0.3) is 11.1 Å². The third kappa shape index (κ3) is 1.81. The van der Waals surface area contributed by atoms with Crippen LogP contribution in [-0.4, -0.2) is 5.78 Å². The van der Waals surface area contributed by atoms with Gasteiger partial charge in [0.1, 0.15) is 0 Å². The van der Waals surface area contributed by atoms with E-state index in [0.717, 1.165) is 0 Å². The maximum absolute atomic E-state index is 13.6. The minimum Gasteiger partial charge on any atom is -0.298 e. The minimum absolute atomic E-state index is 0.212. The van der Waals surface area contributed by atoms with Crippen LogP contribution in [0, 0.1) is 11.3 Å². The summed E-state index contributed by atoms with van der Waals surface area (Å²) in [6.07, 6.45) is 0. The molecular weight excluding hydrogens is 268 g/mol. The van der Waals surface area contributed by atoms with Gasteiger partial charge in [0.25, 0.3) is 0 Å². The molecule has 0 unspecified atom stereocenters. The lowest BCUT2D eigenvalue weighted by molar-refractivity contribution is -0.132. The lowest BCUT2D eigenvalue weighted by Gasteiger charge is -2.39. The quantitative estimate of drug-likeness (QED) is 0.741. The molecule has 1 heteroatoms. The summed E-state index contributed by atoms with van der Waals surface area (Å²) in [6.45, 7) is 10.4. The number of carbonyl (C=O) groups is 1. The fourth-order valence-electron chi connectivity index (χ4n) is 3.99. The van der Waals surface area contributed by atoms with Gasteiger partial charge < -0.3 is 0 Å². The second-order valence-corrected chi connectivity index (χ2v) is 7.63. The summed E-state index contributed by atoms with van der Waals surface area (Å²) < 4.78 is 0. The molecule has 1 aliphatic rings. The van der Waals surface area contributed by atoms with Crippen molar-refractivity contribution in [2.45, 2.75) is 40.0 Å². The molecule has 22 heavy (non-hydrogen) atoms. The molecule has 0 fully saturated rings. The molecule has 1 aliphatic carbocycles. The van der Waals surface area contributed by atoms with E-state index in [2.05, 4.69) is 62.4 Å². The van der Waals surface area contributed by atoms with Crippen LogP contribution in [0.15, 0.2) is 48.5 Å². The van der Waals surface area contributed by atoms with Crippen LogP contribution in [0.2, 0.25) is 0 Å². The Morgan fingerprint density at radius 2 is 1.27 bits per heavy atom. The van der Waals surface area contributed by atoms with Gasteiger partial charge in [0.15, 0.2) is 5.78 Å². The largest absolute Gasteiger partial charge is 0.298 e. The van der Waals surface area contributed by atoms with Crippen molar-refractivity contribution in [3.8, 4) is 11.1 Å². The molecule has 1 nitrogen and oxygen atoms in total. The van der Waals surface area contributed by atoms with Gasteiger partial charge in [-0.25, -0.2) is 0 Å². The smallest absolute Gasteiger partial charge is 0.153 e. The highest BCUT2D eigenvalue weighted by molar-refractivity contribution is 6.04. The lowest BCUT2D eigenvalue weighted by Crippen LogP contribution is -2.46. The van der Waals surface area contributed by atoms with E-state index in [4.69, 9.17) is 0 Å². The molecule has 0 aromatic heterocycles. The zero-order valence-corrected chi connectivity index (χ0v) is 14.1. The number of hydrogen-bond acceptors (Lipinski definition) is 1. The number of fused-ring (bicyclic) bond motifs is 3. The first-order chi connectivity index (χ1) is 10.3. The summed E-state index contributed by atoms with van der Waals surface area (Å²) in [6, 6.07) is 16.8. The van der Waals surface area contributed by atoms with Crippen LogP contribution < -0.4 is 0 Å². The standard InChI is InChI=1S/C21H24O/c1-14(2)21(19(22)20(3,4)5)17-12-8-6-10-15(17)16-11-7-9-13-18(16)21/h6-14H,1-5H3. The lowest BCUT2D eigenvalue weighted by atomic mass is 9.61. The number of Topliss-reactive ketones (excluding diaryl/α,β-unsaturated/α-hetero) is 1. The summed E-state index contributed by atoms with van der Waals surface area (Å²) in [5.74, 6) is 0.524. The van der Waals surface area contributed by atoms with E-state index in [1.54, 1.807) is 0 Å². The molecule has 0 saturated carbocycles. The minimum atomic E-state index is -0.536. The zero-order chi connectivity index (χ0) is 16.1. The van der Waals surface area contributed by atoms with E-state index >= 15 is 0 Å². The summed E-state index contributed by atoms with van der Waals surface area (Å²) in [5, 5.41) is 0. The molecule has 0 bridgehead atoms. The predicted octanol–water partition coefficient (Wildman–Crippen LogP) is 5.22. The van der Waals surface area contributed by atoms with Crippen molar-refractivity contribution in [1.29, 1.82) is 0 Å². The van der Waals surface area contributed by atoms with E-state index in [1.165, 1.54) is 22.3 Å². The van der Waals surface area contributed by atoms with Crippen LogP contribution >= 0.6 is 0 Å². The first kappa shape index (κ1) is 15.0. The molecule has 2 aromatic carbocycles. The normalized spacial score (nSPS) is 15.5. The van der Waals surface area contributed by atoms with Crippen LogP contribution in [0.4, 0.5) is 0 Å². The maximum Gasteiger partial charge on any atom is 0.153 e. The van der Waals surface area contributed by atoms with Gasteiger partial charge in [0, 0.05) is 5.41 Å². The van der Waals surface area contributed by atoms with Gasteiger partial charge in [-0.1, -0.05) is 83.1 Å². The van der Waals surface area contributed by atoms with Crippen LogP contribution in [0.1, 0.15) is 45.7 Å². The van der Waals surface area contributed by atoms with Gasteiger partial charge in [-0.05, 0) is 28.2 Å². The Balaban J connectivity index is 2.43. The SMILES string of the molecule is CC(C)C1(C(=O)C(C)(C)C)c2ccccc2-c2ccccc21. The Hall–Kier alpha value is -1.89. The summed E-state index contributed by atoms with van der Waals surface area (Å²) in [5.41, 5.74) is 3.85. The molecule has 0 aliphatic heterocycles. The van der Waals surface area contributed by atoms with E-state index in [0.29, 0.717) is 5.78 Å². The van der Waals surface area contributed by atoms with Crippen LogP contribution in [-0.2, 0) is 10.2 Å². The molecule has 0 radical (unpaired) electrons. The van der Waals surface area contributed by atoms with Gasteiger partial charge in [0.2, 0.25) is 0 Å². The number of carbonyl (C=O) groups excluding carboxylic acids is 1. The van der Waals surface area contributed by atoms with Crippen molar-refractivity contribution in [3.63, 3.8) is 0 Å². The van der Waals surface area contributed by atoms with Crippen molar-refractivity contribution in [2.24, 2.45) is 11.3 Å². The predicted molar refractivity (Wildman–Crippen MR) is 92.0 cm³/mol. The summed E-state index contributed by atoms with van der Waals surface area (Å²) >= 11 is 0. The highest BCUT2D eigenvalue weighted by Gasteiger charge is 2.53. The fourth-order valence-corrected chi connectivity index (χ4v) is 3.99. The number of benzene rings is 2. The number of rotatable bonds is 2. The van der Waals surface area contributed by atoms with Crippen molar-refractivity contribution >= 4 is 5.78 Å². The first-order valence-corrected chi connectivity index (χ1v) is 8.05. The third-order valence-electron chi connectivity index (χ3n) is 4.90. The molecule has 0 heterocycles. The summed E-state index contributed by atoms with van der Waals surface area (Å²) in [4.78, 5) is 13.6. The van der Waals surface area contributed by atoms with E-state index in [-0.39, 0.29) is 11.3 Å². The van der Waals surface area contributed by atoms with Crippen molar-refractivity contribution in [1.82, 2.24) is 0 Å². The molecule has 114 valence electrons. The average Bonchev–Trinajstić information content (AvgIpc) is 2.77. The number of hydrogen-bond donors (Lipinski definition) is 0. The Labute approximate surface area is 133 Å². The fraction of sp³-hybridized carbons (Fsp3) is 0.381. The highest BCUT2D eigenvalue weighted by atomic mass is 16.1. The summed E-state index contributed by atoms with van der Waals surface area (Å²) in [7, 11) is 0. The molecule has 0 saturated heterocycles. The van der Waals surface area contributed by atoms with Crippen LogP contribution in [0.3, 0.4) is 0 Å². The van der Waals surface area contributed by atoms with Crippen LogP contribution in [0.5, 0.6) is 0 Å². The maximum atomic E-state index is 13.6. The Morgan fingerprint density at radius 3 is 1.64 bits per heavy atom. The number of ketones is 1. The van der Waals surface area contributed by atoms with Crippen molar-refractivity contribution in [3.05, 3.63) is 59.7 Å². The molecule has 0 N–H and O–H groups in total. The zero-order valence-electron chi connectivity index (χ0n) is 14.1. The second-order valence-electron chi connectivity index (χ2n) is 7.63. The van der Waals surface area contributed by atoms with Gasteiger partial charge in [0.05, 0.1) is 5.41 Å². The van der Waals surface area contributed by atoms with E-state index in [1.807, 2.05) is 20.8 Å². The Bertz CT molecular complexity index is 686. The van der Waals surface area contributed by atoms with Crippen molar-refractivity contribution < 1.29 is 4.79 Å². The molecular formula is C21H24O. The van der Waals surface area contributed by atoms with Crippen molar-refractivity contribution in [2.75, 3.05) is 0 Å². The molecule has 0 amide bonds. The second kappa shape index (κ2) is 4.81. The molecule has 2 aromatic rings. The Kier molecular flexibility index (Phi) is 3.28. The third-order valence-corrected chi connectivity index (χ3v) is 4.90. The topological polar surface area (TPSA) is 17.1 Å². The Morgan fingerprint density at radius 1 is 0.864 bits per heavy atom. The molecule has 0 spiro atoms. The first-order valence-electron chi connectivity index (χ1n) is 8.05. The van der Waals surface area contributed by atoms with Gasteiger partial charge >= 0.3 is 0 Å². The van der Waals surface area contributed by atoms with Gasteiger partial charge in [-0.15, -0.1) is 0 Å². The monoisotopic (exact) mass is 292 g/mol. The average molecular weight is 292 g/mol. The molecule has 0 atom stereocenters.